The highest BCUT2D eigenvalue weighted by Crippen LogP contribution is 2.26. The molecule has 0 aromatic heterocycles. The molecule has 0 radical (unpaired) electrons. The van der Waals surface area contributed by atoms with Crippen molar-refractivity contribution in [2.24, 2.45) is 5.73 Å². The van der Waals surface area contributed by atoms with Crippen LogP contribution in [-0.4, -0.2) is 30.8 Å². The van der Waals surface area contributed by atoms with Gasteiger partial charge >= 0.3 is 0 Å². The zero-order valence-corrected chi connectivity index (χ0v) is 13.6. The first-order chi connectivity index (χ1) is 9.84. The number of hydrogen-bond donors (Lipinski definition) is 1. The third-order valence-corrected chi connectivity index (χ3v) is 5.72. The van der Waals surface area contributed by atoms with E-state index < -0.39 is 10.0 Å². The van der Waals surface area contributed by atoms with Crippen molar-refractivity contribution in [1.29, 1.82) is 0 Å². The van der Waals surface area contributed by atoms with Gasteiger partial charge in [0.15, 0.2) is 0 Å². The molecule has 0 spiro atoms. The predicted molar refractivity (Wildman–Crippen MR) is 89.8 cm³/mol. The monoisotopic (exact) mass is 322 g/mol. The minimum atomic E-state index is -3.59. The Balaban J connectivity index is 2.49. The van der Waals surface area contributed by atoms with Crippen molar-refractivity contribution in [3.05, 3.63) is 42.5 Å². The van der Waals surface area contributed by atoms with Crippen molar-refractivity contribution < 1.29 is 8.42 Å². The first-order valence-electron chi connectivity index (χ1n) is 6.58. The minimum absolute atomic E-state index is 0.286. The van der Waals surface area contributed by atoms with E-state index in [1.807, 2.05) is 30.3 Å². The molecule has 2 rings (SSSR count). The number of rotatable bonds is 5. The van der Waals surface area contributed by atoms with Crippen molar-refractivity contribution in [1.82, 2.24) is 4.31 Å². The van der Waals surface area contributed by atoms with Crippen molar-refractivity contribution in [2.75, 3.05) is 7.05 Å². The van der Waals surface area contributed by atoms with Crippen LogP contribution in [-0.2, 0) is 10.0 Å². The van der Waals surface area contributed by atoms with E-state index in [4.69, 9.17) is 18.0 Å². The molecule has 21 heavy (non-hydrogen) atoms. The Kier molecular flexibility index (Phi) is 4.61. The topological polar surface area (TPSA) is 63.4 Å². The molecular formula is C15H18N2O2S2. The van der Waals surface area contributed by atoms with Crippen LogP contribution in [0.3, 0.4) is 0 Å². The van der Waals surface area contributed by atoms with Crippen molar-refractivity contribution in [3.63, 3.8) is 0 Å². The van der Waals surface area contributed by atoms with Gasteiger partial charge < -0.3 is 5.73 Å². The normalized spacial score (nSPS) is 13.5. The summed E-state index contributed by atoms with van der Waals surface area (Å²) in [6.07, 6.45) is 0.357. The summed E-state index contributed by atoms with van der Waals surface area (Å²) in [4.78, 5) is 0.611. The Morgan fingerprint density at radius 2 is 1.86 bits per heavy atom. The highest BCUT2D eigenvalue weighted by atomic mass is 32.2. The number of hydrogen-bond acceptors (Lipinski definition) is 3. The zero-order chi connectivity index (χ0) is 15.6. The summed E-state index contributed by atoms with van der Waals surface area (Å²) in [6.45, 7) is 1.79. The number of nitrogens with two attached hydrogens (primary N) is 1. The summed E-state index contributed by atoms with van der Waals surface area (Å²) in [5.74, 6) is 0. The standard InChI is InChI=1S/C15H18N2O2S2/c1-11(10-15(16)20)17(2)21(18,19)14-9-5-7-12-6-3-4-8-13(12)14/h3-9,11H,10H2,1-2H3,(H2,16,20). The highest BCUT2D eigenvalue weighted by molar-refractivity contribution is 7.89. The molecule has 2 aromatic carbocycles. The molecule has 0 aliphatic carbocycles. The van der Waals surface area contributed by atoms with Crippen LogP contribution in [0.5, 0.6) is 0 Å². The average Bonchev–Trinajstić information content (AvgIpc) is 2.45. The van der Waals surface area contributed by atoms with Gasteiger partial charge in [0, 0.05) is 24.9 Å². The van der Waals surface area contributed by atoms with Gasteiger partial charge in [0.1, 0.15) is 0 Å². The van der Waals surface area contributed by atoms with Gasteiger partial charge in [-0.15, -0.1) is 0 Å². The fourth-order valence-corrected chi connectivity index (χ4v) is 4.05. The van der Waals surface area contributed by atoms with E-state index in [9.17, 15) is 8.42 Å². The lowest BCUT2D eigenvalue weighted by atomic mass is 10.1. The number of thiocarbonyl (C=S) groups is 1. The third-order valence-electron chi connectivity index (χ3n) is 3.52. The van der Waals surface area contributed by atoms with E-state index in [0.29, 0.717) is 16.3 Å². The molecule has 1 atom stereocenters. The van der Waals surface area contributed by atoms with Crippen LogP contribution in [0.4, 0.5) is 0 Å². The second-order valence-electron chi connectivity index (χ2n) is 5.02. The largest absolute Gasteiger partial charge is 0.393 e. The molecule has 0 amide bonds. The first kappa shape index (κ1) is 15.9. The molecular weight excluding hydrogens is 304 g/mol. The molecule has 112 valence electrons. The van der Waals surface area contributed by atoms with E-state index in [0.717, 1.165) is 10.8 Å². The summed E-state index contributed by atoms with van der Waals surface area (Å²) >= 11 is 4.86. The number of fused-ring (bicyclic) bond motifs is 1. The van der Waals surface area contributed by atoms with Crippen LogP contribution in [0, 0.1) is 0 Å². The van der Waals surface area contributed by atoms with Crippen LogP contribution in [0.25, 0.3) is 10.8 Å². The molecule has 2 N–H and O–H groups in total. The maximum Gasteiger partial charge on any atom is 0.243 e. The fraction of sp³-hybridized carbons (Fsp3) is 0.267. The lowest BCUT2D eigenvalue weighted by Crippen LogP contribution is -2.37. The van der Waals surface area contributed by atoms with Gasteiger partial charge in [-0.25, -0.2) is 8.42 Å². The summed E-state index contributed by atoms with van der Waals surface area (Å²) in [6, 6.07) is 12.4. The Hall–Kier alpha value is -1.50. The van der Waals surface area contributed by atoms with Crippen LogP contribution < -0.4 is 5.73 Å². The van der Waals surface area contributed by atoms with Crippen molar-refractivity contribution in [2.45, 2.75) is 24.3 Å². The quantitative estimate of drug-likeness (QED) is 0.859. The second-order valence-corrected chi connectivity index (χ2v) is 7.51. The molecule has 0 fully saturated rings. The first-order valence-corrected chi connectivity index (χ1v) is 8.43. The molecule has 0 saturated heterocycles. The SMILES string of the molecule is CC(CC(N)=S)N(C)S(=O)(=O)c1cccc2ccccc12. The molecule has 6 heteroatoms. The number of benzene rings is 2. The van der Waals surface area contributed by atoms with Crippen molar-refractivity contribution in [3.8, 4) is 0 Å². The smallest absolute Gasteiger partial charge is 0.243 e. The van der Waals surface area contributed by atoms with Gasteiger partial charge in [-0.1, -0.05) is 48.6 Å². The Labute approximate surface area is 130 Å². The van der Waals surface area contributed by atoms with Gasteiger partial charge in [-0.05, 0) is 18.4 Å². The molecule has 0 heterocycles. The van der Waals surface area contributed by atoms with E-state index in [1.165, 1.54) is 4.31 Å². The van der Waals surface area contributed by atoms with Crippen molar-refractivity contribution >= 4 is 38.0 Å². The van der Waals surface area contributed by atoms with Gasteiger partial charge in [-0.3, -0.25) is 0 Å². The summed E-state index contributed by atoms with van der Waals surface area (Å²) in [5, 5.41) is 1.61. The van der Waals surface area contributed by atoms with Gasteiger partial charge in [0.05, 0.1) is 9.88 Å². The molecule has 0 aliphatic rings. The summed E-state index contributed by atoms with van der Waals surface area (Å²) in [7, 11) is -2.04. The summed E-state index contributed by atoms with van der Waals surface area (Å²) < 4.78 is 26.9. The van der Waals surface area contributed by atoms with Crippen LogP contribution in [0.2, 0.25) is 0 Å². The van der Waals surface area contributed by atoms with E-state index in [2.05, 4.69) is 0 Å². The second kappa shape index (κ2) is 6.09. The fourth-order valence-electron chi connectivity index (χ4n) is 2.23. The summed E-state index contributed by atoms with van der Waals surface area (Å²) in [5.41, 5.74) is 5.51. The maximum atomic E-state index is 12.8. The Bertz CT molecular complexity index is 767. The van der Waals surface area contributed by atoms with E-state index >= 15 is 0 Å². The average molecular weight is 322 g/mol. The molecule has 1 unspecified atom stereocenters. The van der Waals surface area contributed by atoms with Gasteiger partial charge in [-0.2, -0.15) is 4.31 Å². The van der Waals surface area contributed by atoms with Gasteiger partial charge in [0.25, 0.3) is 0 Å². The molecule has 0 aliphatic heterocycles. The van der Waals surface area contributed by atoms with Crippen LogP contribution in [0.15, 0.2) is 47.4 Å². The highest BCUT2D eigenvalue weighted by Gasteiger charge is 2.27. The molecule has 2 aromatic rings. The number of nitrogens with zero attached hydrogens (tertiary/aromatic N) is 1. The van der Waals surface area contributed by atoms with E-state index in [-0.39, 0.29) is 6.04 Å². The van der Waals surface area contributed by atoms with E-state index in [1.54, 1.807) is 26.1 Å². The van der Waals surface area contributed by atoms with Gasteiger partial charge in [0.2, 0.25) is 10.0 Å². The van der Waals surface area contributed by atoms with Crippen LogP contribution in [0.1, 0.15) is 13.3 Å². The Morgan fingerprint density at radius 3 is 2.52 bits per heavy atom. The zero-order valence-electron chi connectivity index (χ0n) is 12.0. The molecule has 0 bridgehead atoms. The minimum Gasteiger partial charge on any atom is -0.393 e. The lowest BCUT2D eigenvalue weighted by Gasteiger charge is -2.24. The lowest BCUT2D eigenvalue weighted by molar-refractivity contribution is 0.397. The molecule has 4 nitrogen and oxygen atoms in total. The Morgan fingerprint density at radius 1 is 1.24 bits per heavy atom. The third kappa shape index (κ3) is 3.23. The maximum absolute atomic E-state index is 12.8. The number of sulfonamides is 1. The van der Waals surface area contributed by atoms with Crippen LogP contribution >= 0.6 is 12.2 Å². The predicted octanol–water partition coefficient (Wildman–Crippen LogP) is 2.53. The molecule has 0 saturated carbocycles.